The number of benzene rings is 1. The van der Waals surface area contributed by atoms with Crippen LogP contribution in [-0.4, -0.2) is 11.1 Å². The number of rotatable bonds is 3. The highest BCUT2D eigenvalue weighted by molar-refractivity contribution is 5.92. The Labute approximate surface area is 112 Å². The van der Waals surface area contributed by atoms with E-state index in [0.717, 1.165) is 11.1 Å². The maximum atomic E-state index is 12.0. The Balaban J connectivity index is 2.14. The molecule has 2 aromatic rings. The van der Waals surface area contributed by atoms with Crippen LogP contribution in [0.3, 0.4) is 0 Å². The summed E-state index contributed by atoms with van der Waals surface area (Å²) in [5, 5.41) is 6.65. The molecule has 0 aliphatic heterocycles. The summed E-state index contributed by atoms with van der Waals surface area (Å²) < 4.78 is 4.90. The Morgan fingerprint density at radius 2 is 2.00 bits per heavy atom. The summed E-state index contributed by atoms with van der Waals surface area (Å²) in [4.78, 5) is 12.0. The molecule has 0 saturated carbocycles. The first-order valence-electron chi connectivity index (χ1n) is 6.28. The third-order valence-electron chi connectivity index (χ3n) is 3.11. The normalized spacial score (nSPS) is 12.2. The van der Waals surface area contributed by atoms with Gasteiger partial charge in [-0.1, -0.05) is 28.9 Å². The van der Waals surface area contributed by atoms with Gasteiger partial charge in [-0.3, -0.25) is 4.79 Å². The minimum atomic E-state index is -0.217. The lowest BCUT2D eigenvalue weighted by Crippen LogP contribution is -2.27. The average molecular weight is 258 g/mol. The van der Waals surface area contributed by atoms with E-state index in [0.29, 0.717) is 11.5 Å². The lowest BCUT2D eigenvalue weighted by atomic mass is 10.00. The number of amides is 1. The second-order valence-electron chi connectivity index (χ2n) is 4.88. The molecule has 4 heteroatoms. The van der Waals surface area contributed by atoms with Crippen molar-refractivity contribution in [3.8, 4) is 0 Å². The smallest absolute Gasteiger partial charge is 0.273 e. The highest BCUT2D eigenvalue weighted by Gasteiger charge is 2.16. The van der Waals surface area contributed by atoms with Gasteiger partial charge in [0.15, 0.2) is 5.69 Å². The summed E-state index contributed by atoms with van der Waals surface area (Å²) >= 11 is 0. The summed E-state index contributed by atoms with van der Waals surface area (Å²) in [7, 11) is 0. The highest BCUT2D eigenvalue weighted by atomic mass is 16.5. The number of nitrogens with zero attached hydrogens (tertiary/aromatic N) is 1. The molecule has 1 amide bonds. The summed E-state index contributed by atoms with van der Waals surface area (Å²) in [6.07, 6.45) is 0. The zero-order valence-corrected chi connectivity index (χ0v) is 11.7. The van der Waals surface area contributed by atoms with Crippen LogP contribution < -0.4 is 5.32 Å². The van der Waals surface area contributed by atoms with E-state index in [1.807, 2.05) is 20.8 Å². The zero-order valence-electron chi connectivity index (χ0n) is 11.7. The van der Waals surface area contributed by atoms with Crippen LogP contribution in [0.15, 0.2) is 28.8 Å². The standard InChI is InChI=1S/C15H18N2O2/c1-9-5-6-10(2)13(7-9)12(4)16-15(18)14-8-11(3)19-17-14/h5-8,12H,1-4H3,(H,16,18). The van der Waals surface area contributed by atoms with Gasteiger partial charge in [-0.2, -0.15) is 0 Å². The first kappa shape index (κ1) is 13.3. The second-order valence-corrected chi connectivity index (χ2v) is 4.88. The van der Waals surface area contributed by atoms with E-state index in [-0.39, 0.29) is 11.9 Å². The molecule has 0 aliphatic rings. The molecule has 4 nitrogen and oxygen atoms in total. The molecule has 1 atom stereocenters. The fraction of sp³-hybridized carbons (Fsp3) is 0.333. The number of aryl methyl sites for hydroxylation is 3. The topological polar surface area (TPSA) is 55.1 Å². The van der Waals surface area contributed by atoms with E-state index >= 15 is 0 Å². The molecule has 1 heterocycles. The lowest BCUT2D eigenvalue weighted by Gasteiger charge is -2.16. The number of nitrogens with one attached hydrogen (secondary N) is 1. The Kier molecular flexibility index (Phi) is 3.69. The summed E-state index contributed by atoms with van der Waals surface area (Å²) in [6.45, 7) is 7.81. The highest BCUT2D eigenvalue weighted by Crippen LogP contribution is 2.19. The number of aromatic nitrogens is 1. The number of hydrogen-bond donors (Lipinski definition) is 1. The quantitative estimate of drug-likeness (QED) is 0.920. The van der Waals surface area contributed by atoms with Gasteiger partial charge in [0, 0.05) is 6.07 Å². The summed E-state index contributed by atoms with van der Waals surface area (Å²) in [6, 6.07) is 7.78. The number of carbonyl (C=O) groups is 1. The molecule has 0 spiro atoms. The van der Waals surface area contributed by atoms with E-state index in [9.17, 15) is 4.79 Å². The van der Waals surface area contributed by atoms with Crippen molar-refractivity contribution < 1.29 is 9.32 Å². The molecule has 1 N–H and O–H groups in total. The SMILES string of the molecule is Cc1ccc(C)c(C(C)NC(=O)c2cc(C)on2)c1. The molecule has 2 rings (SSSR count). The molecule has 0 saturated heterocycles. The number of hydrogen-bond acceptors (Lipinski definition) is 3. The number of carbonyl (C=O) groups excluding carboxylic acids is 1. The summed E-state index contributed by atoms with van der Waals surface area (Å²) in [5.74, 6) is 0.412. The Morgan fingerprint density at radius 3 is 2.63 bits per heavy atom. The molecular formula is C15H18N2O2. The van der Waals surface area contributed by atoms with Crippen LogP contribution in [0.5, 0.6) is 0 Å². The first-order chi connectivity index (χ1) is 8.97. The zero-order chi connectivity index (χ0) is 14.0. The van der Waals surface area contributed by atoms with E-state index < -0.39 is 0 Å². The fourth-order valence-electron chi connectivity index (χ4n) is 2.05. The van der Waals surface area contributed by atoms with Gasteiger partial charge in [0.1, 0.15) is 5.76 Å². The van der Waals surface area contributed by atoms with E-state index in [4.69, 9.17) is 4.52 Å². The van der Waals surface area contributed by atoms with Crippen LogP contribution in [-0.2, 0) is 0 Å². The Morgan fingerprint density at radius 1 is 1.26 bits per heavy atom. The van der Waals surface area contributed by atoms with Gasteiger partial charge in [-0.05, 0) is 38.8 Å². The first-order valence-corrected chi connectivity index (χ1v) is 6.28. The minimum absolute atomic E-state index is 0.0654. The van der Waals surface area contributed by atoms with Crippen LogP contribution in [0.1, 0.15) is 45.9 Å². The van der Waals surface area contributed by atoms with Crippen molar-refractivity contribution in [1.82, 2.24) is 10.5 Å². The van der Waals surface area contributed by atoms with E-state index in [1.165, 1.54) is 5.56 Å². The molecule has 1 unspecified atom stereocenters. The van der Waals surface area contributed by atoms with Crippen LogP contribution in [0.25, 0.3) is 0 Å². The van der Waals surface area contributed by atoms with Gasteiger partial charge >= 0.3 is 0 Å². The molecule has 19 heavy (non-hydrogen) atoms. The summed E-state index contributed by atoms with van der Waals surface area (Å²) in [5.41, 5.74) is 3.77. The van der Waals surface area contributed by atoms with Gasteiger partial charge in [-0.25, -0.2) is 0 Å². The molecule has 0 fully saturated rings. The predicted octanol–water partition coefficient (Wildman–Crippen LogP) is 3.09. The van der Waals surface area contributed by atoms with Crippen LogP contribution >= 0.6 is 0 Å². The van der Waals surface area contributed by atoms with Crippen molar-refractivity contribution in [2.45, 2.75) is 33.7 Å². The third kappa shape index (κ3) is 3.02. The maximum absolute atomic E-state index is 12.0. The minimum Gasteiger partial charge on any atom is -0.361 e. The molecule has 0 radical (unpaired) electrons. The van der Waals surface area contributed by atoms with E-state index in [2.05, 4.69) is 28.7 Å². The molecular weight excluding hydrogens is 240 g/mol. The average Bonchev–Trinajstić information content (AvgIpc) is 2.79. The molecule has 1 aromatic carbocycles. The van der Waals surface area contributed by atoms with Gasteiger partial charge in [0.2, 0.25) is 0 Å². The molecule has 1 aromatic heterocycles. The third-order valence-corrected chi connectivity index (χ3v) is 3.11. The predicted molar refractivity (Wildman–Crippen MR) is 73.0 cm³/mol. The Hall–Kier alpha value is -2.10. The second kappa shape index (κ2) is 5.26. The van der Waals surface area contributed by atoms with E-state index in [1.54, 1.807) is 13.0 Å². The monoisotopic (exact) mass is 258 g/mol. The maximum Gasteiger partial charge on any atom is 0.273 e. The van der Waals surface area contributed by atoms with Gasteiger partial charge in [0.05, 0.1) is 6.04 Å². The molecule has 0 aliphatic carbocycles. The van der Waals surface area contributed by atoms with Crippen molar-refractivity contribution in [3.63, 3.8) is 0 Å². The van der Waals surface area contributed by atoms with Crippen LogP contribution in [0.4, 0.5) is 0 Å². The lowest BCUT2D eigenvalue weighted by molar-refractivity contribution is 0.0930. The van der Waals surface area contributed by atoms with Gasteiger partial charge < -0.3 is 9.84 Å². The fourth-order valence-corrected chi connectivity index (χ4v) is 2.05. The molecule has 0 bridgehead atoms. The van der Waals surface area contributed by atoms with Crippen molar-refractivity contribution in [1.29, 1.82) is 0 Å². The van der Waals surface area contributed by atoms with Gasteiger partial charge in [-0.15, -0.1) is 0 Å². The van der Waals surface area contributed by atoms with Crippen molar-refractivity contribution in [3.05, 3.63) is 52.4 Å². The van der Waals surface area contributed by atoms with Crippen molar-refractivity contribution in [2.24, 2.45) is 0 Å². The largest absolute Gasteiger partial charge is 0.361 e. The van der Waals surface area contributed by atoms with Crippen molar-refractivity contribution in [2.75, 3.05) is 0 Å². The Bertz CT molecular complexity index is 602. The van der Waals surface area contributed by atoms with Gasteiger partial charge in [0.25, 0.3) is 5.91 Å². The van der Waals surface area contributed by atoms with Crippen LogP contribution in [0.2, 0.25) is 0 Å². The van der Waals surface area contributed by atoms with Crippen LogP contribution in [0, 0.1) is 20.8 Å². The molecule has 100 valence electrons. The van der Waals surface area contributed by atoms with Crippen molar-refractivity contribution >= 4 is 5.91 Å².